The quantitative estimate of drug-likeness (QED) is 0.589. The van der Waals surface area contributed by atoms with Gasteiger partial charge in [-0.1, -0.05) is 17.7 Å². The number of fused-ring (bicyclic) bond motifs is 2. The zero-order valence-corrected chi connectivity index (χ0v) is 19.0. The van der Waals surface area contributed by atoms with Gasteiger partial charge in [0.15, 0.2) is 18.2 Å². The molecule has 2 aliphatic rings. The first-order valence-electron chi connectivity index (χ1n) is 10.8. The summed E-state index contributed by atoms with van der Waals surface area (Å²) in [6.07, 6.45) is 2.44. The van der Waals surface area contributed by atoms with E-state index in [2.05, 4.69) is 32.7 Å². The molecular formula is C24H23ClFN5O2. The first kappa shape index (κ1) is 21.6. The van der Waals surface area contributed by atoms with E-state index in [1.165, 1.54) is 28.3 Å². The molecule has 0 unspecified atom stereocenters. The normalized spacial score (nSPS) is 15.2. The van der Waals surface area contributed by atoms with Gasteiger partial charge in [0.1, 0.15) is 0 Å². The molecule has 5 rings (SSSR count). The molecule has 0 atom stereocenters. The molecule has 0 saturated heterocycles. The molecule has 9 heteroatoms. The Morgan fingerprint density at radius 3 is 2.91 bits per heavy atom. The molecule has 170 valence electrons. The number of carbonyl (C=O) groups is 1. The molecule has 3 aromatic rings. The van der Waals surface area contributed by atoms with Crippen LogP contribution in [-0.4, -0.2) is 35.1 Å². The zero-order valence-electron chi connectivity index (χ0n) is 18.3. The van der Waals surface area contributed by atoms with Crippen molar-refractivity contribution in [2.24, 2.45) is 0 Å². The molecule has 0 radical (unpaired) electrons. The van der Waals surface area contributed by atoms with Crippen LogP contribution in [-0.2, 0) is 17.8 Å². The van der Waals surface area contributed by atoms with Gasteiger partial charge in [-0.2, -0.15) is 0 Å². The Morgan fingerprint density at radius 1 is 1.24 bits per heavy atom. The number of hydrogen-bond donors (Lipinski definition) is 2. The van der Waals surface area contributed by atoms with Crippen molar-refractivity contribution in [2.75, 3.05) is 23.4 Å². The highest BCUT2D eigenvalue weighted by Gasteiger charge is 2.31. The predicted molar refractivity (Wildman–Crippen MR) is 126 cm³/mol. The van der Waals surface area contributed by atoms with E-state index < -0.39 is 5.82 Å². The Bertz CT molecular complexity index is 1250. The highest BCUT2D eigenvalue weighted by Crippen LogP contribution is 2.40. The maximum absolute atomic E-state index is 15.0. The molecule has 2 aromatic carbocycles. The fourth-order valence-corrected chi connectivity index (χ4v) is 4.46. The number of halogens is 2. The fourth-order valence-electron chi connectivity index (χ4n) is 4.26. The monoisotopic (exact) mass is 467 g/mol. The smallest absolute Gasteiger partial charge is 0.265 e. The van der Waals surface area contributed by atoms with Gasteiger partial charge in [-0.3, -0.25) is 4.79 Å². The highest BCUT2D eigenvalue weighted by atomic mass is 35.5. The molecule has 2 N–H and O–H groups in total. The van der Waals surface area contributed by atoms with Gasteiger partial charge in [0, 0.05) is 23.8 Å². The molecule has 1 aromatic heterocycles. The van der Waals surface area contributed by atoms with Gasteiger partial charge in [0.05, 0.1) is 22.6 Å². The Hall–Kier alpha value is -3.23. The van der Waals surface area contributed by atoms with Gasteiger partial charge < -0.3 is 20.3 Å². The van der Waals surface area contributed by atoms with Crippen molar-refractivity contribution in [1.82, 2.24) is 15.3 Å². The van der Waals surface area contributed by atoms with Gasteiger partial charge in [-0.05, 0) is 62.2 Å². The molecule has 0 aliphatic carbocycles. The minimum atomic E-state index is -0.576. The molecule has 0 fully saturated rings. The first-order chi connectivity index (χ1) is 15.9. The van der Waals surface area contributed by atoms with Crippen LogP contribution in [0.15, 0.2) is 36.5 Å². The average Bonchev–Trinajstić information content (AvgIpc) is 2.79. The standard InChI is InChI=1S/C24H23ClFN5O2/c1-13(2)31-20-9-16(8-19(26)23(20)33-12-21(31)32)22-18(25)11-28-24(30-22)29-17-4-3-15-10-27-6-5-14(15)7-17/h3-4,7-9,11,13,27H,5-6,10,12H2,1-2H3,(H,28,29,30). The van der Waals surface area contributed by atoms with Crippen LogP contribution in [0.25, 0.3) is 11.3 Å². The molecule has 1 amide bonds. The largest absolute Gasteiger partial charge is 0.478 e. The second-order valence-electron chi connectivity index (χ2n) is 8.38. The number of rotatable bonds is 4. The molecule has 0 saturated carbocycles. The fraction of sp³-hybridized carbons (Fsp3) is 0.292. The van der Waals surface area contributed by atoms with Crippen LogP contribution in [0.2, 0.25) is 5.02 Å². The summed E-state index contributed by atoms with van der Waals surface area (Å²) in [7, 11) is 0. The summed E-state index contributed by atoms with van der Waals surface area (Å²) in [6, 6.07) is 8.99. The topological polar surface area (TPSA) is 79.4 Å². The Kier molecular flexibility index (Phi) is 5.64. The van der Waals surface area contributed by atoms with Crippen LogP contribution in [0.5, 0.6) is 5.75 Å². The lowest BCUT2D eigenvalue weighted by molar-refractivity contribution is -0.121. The summed E-state index contributed by atoms with van der Waals surface area (Å²) < 4.78 is 20.3. The van der Waals surface area contributed by atoms with Gasteiger partial charge in [-0.25, -0.2) is 14.4 Å². The first-order valence-corrected chi connectivity index (χ1v) is 11.2. The molecule has 0 bridgehead atoms. The van der Waals surface area contributed by atoms with Crippen LogP contribution in [0, 0.1) is 5.82 Å². The summed E-state index contributed by atoms with van der Waals surface area (Å²) in [4.78, 5) is 22.8. The highest BCUT2D eigenvalue weighted by molar-refractivity contribution is 6.33. The third-order valence-corrected chi connectivity index (χ3v) is 6.05. The van der Waals surface area contributed by atoms with Crippen molar-refractivity contribution in [2.45, 2.75) is 32.9 Å². The van der Waals surface area contributed by atoms with Crippen molar-refractivity contribution in [1.29, 1.82) is 0 Å². The van der Waals surface area contributed by atoms with Crippen molar-refractivity contribution in [3.8, 4) is 17.0 Å². The van der Waals surface area contributed by atoms with Gasteiger partial charge >= 0.3 is 0 Å². The zero-order chi connectivity index (χ0) is 23.1. The number of aromatic nitrogens is 2. The third kappa shape index (κ3) is 4.12. The van der Waals surface area contributed by atoms with E-state index >= 15 is 0 Å². The van der Waals surface area contributed by atoms with E-state index in [0.717, 1.165) is 25.2 Å². The van der Waals surface area contributed by atoms with Crippen LogP contribution >= 0.6 is 11.6 Å². The number of benzene rings is 2. The lowest BCUT2D eigenvalue weighted by atomic mass is 10.0. The number of amides is 1. The number of ether oxygens (including phenoxy) is 1. The lowest BCUT2D eigenvalue weighted by Crippen LogP contribution is -2.43. The second-order valence-corrected chi connectivity index (χ2v) is 8.79. The minimum absolute atomic E-state index is 0.0547. The lowest BCUT2D eigenvalue weighted by Gasteiger charge is -2.33. The van der Waals surface area contributed by atoms with E-state index in [1.54, 1.807) is 6.07 Å². The summed E-state index contributed by atoms with van der Waals surface area (Å²) in [5.41, 5.74) is 4.58. The SMILES string of the molecule is CC(C)N1C(=O)COc2c(F)cc(-c3nc(Nc4ccc5c(c4)CCNC5)ncc3Cl)cc21. The number of hydrogen-bond acceptors (Lipinski definition) is 6. The van der Waals surface area contributed by atoms with E-state index in [9.17, 15) is 9.18 Å². The molecule has 0 spiro atoms. The predicted octanol–water partition coefficient (Wildman–Crippen LogP) is 4.46. The summed E-state index contributed by atoms with van der Waals surface area (Å²) in [5, 5.41) is 6.85. The van der Waals surface area contributed by atoms with Gasteiger partial charge in [0.2, 0.25) is 5.95 Å². The molecule has 7 nitrogen and oxygen atoms in total. The van der Waals surface area contributed by atoms with Crippen LogP contribution in [0.1, 0.15) is 25.0 Å². The minimum Gasteiger partial charge on any atom is -0.478 e. The molecule has 2 aliphatic heterocycles. The third-order valence-electron chi connectivity index (χ3n) is 5.78. The molecule has 3 heterocycles. The summed E-state index contributed by atoms with van der Waals surface area (Å²) in [6.45, 7) is 5.35. The Labute approximate surface area is 195 Å². The van der Waals surface area contributed by atoms with Crippen LogP contribution in [0.3, 0.4) is 0 Å². The Morgan fingerprint density at radius 2 is 2.09 bits per heavy atom. The van der Waals surface area contributed by atoms with Crippen molar-refractivity contribution < 1.29 is 13.9 Å². The van der Waals surface area contributed by atoms with Crippen molar-refractivity contribution in [3.05, 3.63) is 58.5 Å². The van der Waals surface area contributed by atoms with Crippen molar-refractivity contribution >= 4 is 34.8 Å². The number of carbonyl (C=O) groups excluding carboxylic acids is 1. The van der Waals surface area contributed by atoms with E-state index in [4.69, 9.17) is 16.3 Å². The summed E-state index contributed by atoms with van der Waals surface area (Å²) >= 11 is 6.40. The van der Waals surface area contributed by atoms with E-state index in [-0.39, 0.29) is 29.3 Å². The number of anilines is 3. The maximum atomic E-state index is 15.0. The van der Waals surface area contributed by atoms with E-state index in [0.29, 0.717) is 22.9 Å². The second kappa shape index (κ2) is 8.61. The van der Waals surface area contributed by atoms with Crippen LogP contribution < -0.4 is 20.3 Å². The Balaban J connectivity index is 1.51. The average molecular weight is 468 g/mol. The van der Waals surface area contributed by atoms with Gasteiger partial charge in [0.25, 0.3) is 5.91 Å². The number of nitrogens with zero attached hydrogens (tertiary/aromatic N) is 3. The van der Waals surface area contributed by atoms with E-state index in [1.807, 2.05) is 19.9 Å². The summed E-state index contributed by atoms with van der Waals surface area (Å²) in [5.74, 6) is -0.408. The van der Waals surface area contributed by atoms with Crippen molar-refractivity contribution in [3.63, 3.8) is 0 Å². The maximum Gasteiger partial charge on any atom is 0.265 e. The molecular weight excluding hydrogens is 445 g/mol. The van der Waals surface area contributed by atoms with Crippen LogP contribution in [0.4, 0.5) is 21.7 Å². The number of nitrogens with one attached hydrogen (secondary N) is 2. The van der Waals surface area contributed by atoms with Gasteiger partial charge in [-0.15, -0.1) is 0 Å². The molecule has 33 heavy (non-hydrogen) atoms.